The second kappa shape index (κ2) is 2.99. The van der Waals surface area contributed by atoms with E-state index in [2.05, 4.69) is 18.3 Å². The van der Waals surface area contributed by atoms with Crippen LogP contribution in [-0.2, 0) is 0 Å². The first kappa shape index (κ1) is 8.77. The molecule has 2 atom stereocenters. The molecule has 1 aromatic carbocycles. The second-order valence-corrected chi connectivity index (χ2v) is 4.31. The SMILES string of the molecule is C[C@H]1c2ccccc2N2C(=O)NCC[C@H]12. The van der Waals surface area contributed by atoms with Crippen LogP contribution in [0.15, 0.2) is 24.3 Å². The molecule has 0 aliphatic carbocycles. The molecule has 15 heavy (non-hydrogen) atoms. The number of hydrogen-bond donors (Lipinski definition) is 1. The van der Waals surface area contributed by atoms with Crippen molar-refractivity contribution in [3.05, 3.63) is 29.8 Å². The normalized spacial score (nSPS) is 28.3. The summed E-state index contributed by atoms with van der Waals surface area (Å²) in [4.78, 5) is 13.7. The number of nitrogens with zero attached hydrogens (tertiary/aromatic N) is 1. The highest BCUT2D eigenvalue weighted by Gasteiger charge is 2.40. The summed E-state index contributed by atoms with van der Waals surface area (Å²) < 4.78 is 0. The Hall–Kier alpha value is -1.51. The van der Waals surface area contributed by atoms with Crippen molar-refractivity contribution in [2.75, 3.05) is 11.4 Å². The van der Waals surface area contributed by atoms with Crippen molar-refractivity contribution < 1.29 is 4.79 Å². The Morgan fingerprint density at radius 1 is 1.40 bits per heavy atom. The first-order valence-electron chi connectivity index (χ1n) is 5.45. The Bertz CT molecular complexity index is 416. The van der Waals surface area contributed by atoms with E-state index in [1.807, 2.05) is 23.1 Å². The third kappa shape index (κ3) is 1.09. The summed E-state index contributed by atoms with van der Waals surface area (Å²) in [7, 11) is 0. The van der Waals surface area contributed by atoms with E-state index in [-0.39, 0.29) is 6.03 Å². The van der Waals surface area contributed by atoms with E-state index >= 15 is 0 Å². The molecule has 1 aromatic rings. The molecule has 0 radical (unpaired) electrons. The molecule has 1 N–H and O–H groups in total. The van der Waals surface area contributed by atoms with Crippen LogP contribution in [0.2, 0.25) is 0 Å². The van der Waals surface area contributed by atoms with Crippen molar-refractivity contribution in [3.63, 3.8) is 0 Å². The summed E-state index contributed by atoms with van der Waals surface area (Å²) in [6.07, 6.45) is 1.04. The van der Waals surface area contributed by atoms with Crippen LogP contribution in [0.3, 0.4) is 0 Å². The van der Waals surface area contributed by atoms with Gasteiger partial charge in [0, 0.05) is 24.2 Å². The van der Waals surface area contributed by atoms with Gasteiger partial charge in [0.1, 0.15) is 0 Å². The highest BCUT2D eigenvalue weighted by Crippen LogP contribution is 2.42. The van der Waals surface area contributed by atoms with Crippen molar-refractivity contribution in [2.45, 2.75) is 25.3 Å². The number of amides is 2. The number of para-hydroxylation sites is 1. The number of carbonyl (C=O) groups is 1. The van der Waals surface area contributed by atoms with E-state index in [1.165, 1.54) is 5.56 Å². The molecule has 2 amide bonds. The molecule has 2 aliphatic rings. The van der Waals surface area contributed by atoms with Crippen molar-refractivity contribution in [3.8, 4) is 0 Å². The minimum atomic E-state index is 0.0584. The number of benzene rings is 1. The average molecular weight is 202 g/mol. The predicted octanol–water partition coefficient (Wildman–Crippen LogP) is 2.09. The van der Waals surface area contributed by atoms with E-state index in [0.29, 0.717) is 12.0 Å². The van der Waals surface area contributed by atoms with Gasteiger partial charge in [-0.15, -0.1) is 0 Å². The smallest absolute Gasteiger partial charge is 0.322 e. The predicted molar refractivity (Wildman–Crippen MR) is 59.1 cm³/mol. The van der Waals surface area contributed by atoms with E-state index < -0.39 is 0 Å². The maximum Gasteiger partial charge on any atom is 0.322 e. The number of anilines is 1. The third-order valence-electron chi connectivity index (χ3n) is 3.53. The second-order valence-electron chi connectivity index (χ2n) is 4.31. The number of rotatable bonds is 0. The molecule has 1 fully saturated rings. The molecule has 0 saturated carbocycles. The van der Waals surface area contributed by atoms with E-state index in [4.69, 9.17) is 0 Å². The number of hydrogen-bond acceptors (Lipinski definition) is 1. The van der Waals surface area contributed by atoms with Crippen LogP contribution >= 0.6 is 0 Å². The van der Waals surface area contributed by atoms with Gasteiger partial charge < -0.3 is 5.32 Å². The van der Waals surface area contributed by atoms with Crippen LogP contribution in [-0.4, -0.2) is 18.6 Å². The molecule has 0 aromatic heterocycles. The lowest BCUT2D eigenvalue weighted by Crippen LogP contribution is -2.51. The van der Waals surface area contributed by atoms with Crippen molar-refractivity contribution in [1.82, 2.24) is 5.32 Å². The number of nitrogens with one attached hydrogen (secondary N) is 1. The molecule has 3 heteroatoms. The number of carbonyl (C=O) groups excluding carboxylic acids is 1. The summed E-state index contributed by atoms with van der Waals surface area (Å²) in [5.41, 5.74) is 2.40. The Labute approximate surface area is 89.1 Å². The van der Waals surface area contributed by atoms with Crippen molar-refractivity contribution in [1.29, 1.82) is 0 Å². The molecule has 2 heterocycles. The summed E-state index contributed by atoms with van der Waals surface area (Å²) in [6.45, 7) is 3.01. The van der Waals surface area contributed by atoms with Gasteiger partial charge in [-0.25, -0.2) is 4.79 Å². The maximum atomic E-state index is 11.8. The quantitative estimate of drug-likeness (QED) is 0.686. The first-order valence-corrected chi connectivity index (χ1v) is 5.45. The molecule has 0 unspecified atom stereocenters. The summed E-state index contributed by atoms with van der Waals surface area (Å²) in [5, 5.41) is 2.90. The molecular formula is C12H14N2O. The largest absolute Gasteiger partial charge is 0.338 e. The van der Waals surface area contributed by atoms with Crippen LogP contribution in [0.25, 0.3) is 0 Å². The lowest BCUT2D eigenvalue weighted by Gasteiger charge is -2.32. The summed E-state index contributed by atoms with van der Waals surface area (Å²) >= 11 is 0. The van der Waals surface area contributed by atoms with Gasteiger partial charge in [0.05, 0.1) is 0 Å². The Balaban J connectivity index is 2.12. The molecule has 1 saturated heterocycles. The zero-order valence-corrected chi connectivity index (χ0v) is 8.73. The van der Waals surface area contributed by atoms with Crippen LogP contribution < -0.4 is 10.2 Å². The molecule has 2 aliphatic heterocycles. The topological polar surface area (TPSA) is 32.3 Å². The first-order chi connectivity index (χ1) is 7.29. The summed E-state index contributed by atoms with van der Waals surface area (Å²) in [6, 6.07) is 8.63. The van der Waals surface area contributed by atoms with Gasteiger partial charge in [0.2, 0.25) is 0 Å². The zero-order valence-electron chi connectivity index (χ0n) is 8.73. The summed E-state index contributed by atoms with van der Waals surface area (Å²) in [5.74, 6) is 0.465. The van der Waals surface area contributed by atoms with Crippen molar-refractivity contribution in [2.24, 2.45) is 0 Å². The molecule has 3 nitrogen and oxygen atoms in total. The molecule has 78 valence electrons. The zero-order chi connectivity index (χ0) is 10.4. The van der Waals surface area contributed by atoms with Gasteiger partial charge in [0.25, 0.3) is 0 Å². The standard InChI is InChI=1S/C12H14N2O/c1-8-9-4-2-3-5-11(9)14-10(8)6-7-13-12(14)15/h2-5,8,10H,6-7H2,1H3,(H,13,15)/t8-,10+/m0/s1. The van der Waals surface area contributed by atoms with E-state index in [1.54, 1.807) is 0 Å². The van der Waals surface area contributed by atoms with E-state index in [9.17, 15) is 4.79 Å². The molecule has 0 spiro atoms. The number of urea groups is 1. The highest BCUT2D eigenvalue weighted by atomic mass is 16.2. The minimum Gasteiger partial charge on any atom is -0.338 e. The third-order valence-corrected chi connectivity index (χ3v) is 3.53. The maximum absolute atomic E-state index is 11.8. The Morgan fingerprint density at radius 3 is 3.07 bits per heavy atom. The Morgan fingerprint density at radius 2 is 2.20 bits per heavy atom. The lowest BCUT2D eigenvalue weighted by atomic mass is 9.94. The molecular weight excluding hydrogens is 188 g/mol. The van der Waals surface area contributed by atoms with Gasteiger partial charge in [-0.3, -0.25) is 4.90 Å². The molecule has 3 rings (SSSR count). The average Bonchev–Trinajstić information content (AvgIpc) is 2.55. The van der Waals surface area contributed by atoms with Gasteiger partial charge in [0.15, 0.2) is 0 Å². The Kier molecular flexibility index (Phi) is 1.75. The van der Waals surface area contributed by atoms with Gasteiger partial charge >= 0.3 is 6.03 Å². The van der Waals surface area contributed by atoms with Crippen LogP contribution in [0.1, 0.15) is 24.8 Å². The van der Waals surface area contributed by atoms with Crippen molar-refractivity contribution >= 4 is 11.7 Å². The fraction of sp³-hybridized carbons (Fsp3) is 0.417. The lowest BCUT2D eigenvalue weighted by molar-refractivity contribution is 0.237. The minimum absolute atomic E-state index is 0.0584. The van der Waals surface area contributed by atoms with E-state index in [0.717, 1.165) is 18.7 Å². The fourth-order valence-corrected chi connectivity index (χ4v) is 2.75. The fourth-order valence-electron chi connectivity index (χ4n) is 2.75. The van der Waals surface area contributed by atoms with Crippen LogP contribution in [0.4, 0.5) is 10.5 Å². The highest BCUT2D eigenvalue weighted by molar-refractivity contribution is 5.96. The number of fused-ring (bicyclic) bond motifs is 3. The van der Waals surface area contributed by atoms with Crippen LogP contribution in [0, 0.1) is 0 Å². The van der Waals surface area contributed by atoms with Gasteiger partial charge in [-0.05, 0) is 18.1 Å². The van der Waals surface area contributed by atoms with Gasteiger partial charge in [-0.2, -0.15) is 0 Å². The van der Waals surface area contributed by atoms with Gasteiger partial charge in [-0.1, -0.05) is 25.1 Å². The monoisotopic (exact) mass is 202 g/mol. The van der Waals surface area contributed by atoms with Crippen LogP contribution in [0.5, 0.6) is 0 Å². The molecule has 0 bridgehead atoms.